The van der Waals surface area contributed by atoms with E-state index in [0.29, 0.717) is 19.1 Å². The third kappa shape index (κ3) is 3.94. The van der Waals surface area contributed by atoms with Gasteiger partial charge in [0.2, 0.25) is 0 Å². The molecular formula is C21H25FN4O2. The summed E-state index contributed by atoms with van der Waals surface area (Å²) >= 11 is 0. The molecule has 0 unspecified atom stereocenters. The van der Waals surface area contributed by atoms with Gasteiger partial charge in [-0.2, -0.15) is 0 Å². The van der Waals surface area contributed by atoms with Crippen LogP contribution in [0.2, 0.25) is 0 Å². The Hall–Kier alpha value is -2.67. The van der Waals surface area contributed by atoms with Gasteiger partial charge >= 0.3 is 0 Å². The van der Waals surface area contributed by atoms with Crippen molar-refractivity contribution in [1.29, 1.82) is 0 Å². The number of rotatable bonds is 3. The van der Waals surface area contributed by atoms with Gasteiger partial charge in [-0.05, 0) is 49.2 Å². The van der Waals surface area contributed by atoms with E-state index in [1.165, 1.54) is 24.4 Å². The second-order valence-corrected chi connectivity index (χ2v) is 7.42. The molecule has 0 spiro atoms. The van der Waals surface area contributed by atoms with Crippen LogP contribution < -0.4 is 4.90 Å². The maximum absolute atomic E-state index is 13.1. The number of carbonyl (C=O) groups is 1. The molecule has 2 saturated heterocycles. The highest BCUT2D eigenvalue weighted by Gasteiger charge is 2.31. The Balaban J connectivity index is 1.36. The first-order chi connectivity index (χ1) is 13.6. The lowest BCUT2D eigenvalue weighted by Crippen LogP contribution is -2.56. The minimum absolute atomic E-state index is 0.0671. The molecule has 6 nitrogen and oxygen atoms in total. The fourth-order valence-corrected chi connectivity index (χ4v) is 4.15. The SMILES string of the molecule is O=C(c1ncccc1O)N1CCC[C@H](N2CCN(c3ccc(F)cc3)CC2)C1. The highest BCUT2D eigenvalue weighted by Crippen LogP contribution is 2.23. The molecular weight excluding hydrogens is 359 g/mol. The first kappa shape index (κ1) is 18.7. The smallest absolute Gasteiger partial charge is 0.276 e. The maximum atomic E-state index is 13.1. The molecule has 2 aromatic rings. The van der Waals surface area contributed by atoms with Crippen LogP contribution in [-0.4, -0.2) is 71.1 Å². The maximum Gasteiger partial charge on any atom is 0.276 e. The summed E-state index contributed by atoms with van der Waals surface area (Å²) < 4.78 is 13.1. The van der Waals surface area contributed by atoms with Crippen LogP contribution in [0, 0.1) is 5.82 Å². The number of hydrogen-bond acceptors (Lipinski definition) is 5. The van der Waals surface area contributed by atoms with Crippen LogP contribution in [0.1, 0.15) is 23.3 Å². The topological polar surface area (TPSA) is 59.9 Å². The van der Waals surface area contributed by atoms with E-state index in [2.05, 4.69) is 14.8 Å². The highest BCUT2D eigenvalue weighted by molar-refractivity contribution is 5.94. The molecule has 28 heavy (non-hydrogen) atoms. The molecule has 0 aliphatic carbocycles. The van der Waals surface area contributed by atoms with E-state index in [1.54, 1.807) is 6.07 Å². The van der Waals surface area contributed by atoms with Crippen LogP contribution >= 0.6 is 0 Å². The third-order valence-electron chi connectivity index (χ3n) is 5.70. The minimum atomic E-state index is -0.215. The summed E-state index contributed by atoms with van der Waals surface area (Å²) in [4.78, 5) is 23.3. The van der Waals surface area contributed by atoms with E-state index in [9.17, 15) is 14.3 Å². The van der Waals surface area contributed by atoms with Crippen LogP contribution in [0.25, 0.3) is 0 Å². The summed E-state index contributed by atoms with van der Waals surface area (Å²) in [6, 6.07) is 10.1. The molecule has 148 valence electrons. The van der Waals surface area contributed by atoms with Crippen molar-refractivity contribution in [3.8, 4) is 5.75 Å². The van der Waals surface area contributed by atoms with E-state index in [0.717, 1.165) is 44.7 Å². The first-order valence-corrected chi connectivity index (χ1v) is 9.79. The van der Waals surface area contributed by atoms with Gasteiger partial charge in [-0.3, -0.25) is 9.69 Å². The van der Waals surface area contributed by atoms with Crippen molar-refractivity contribution >= 4 is 11.6 Å². The molecule has 0 bridgehead atoms. The number of benzene rings is 1. The number of aromatic nitrogens is 1. The van der Waals surface area contributed by atoms with Gasteiger partial charge in [0, 0.05) is 57.2 Å². The Bertz CT molecular complexity index is 821. The summed E-state index contributed by atoms with van der Waals surface area (Å²) in [7, 11) is 0. The van der Waals surface area contributed by atoms with Gasteiger partial charge in [0.15, 0.2) is 5.69 Å². The predicted octanol–water partition coefficient (Wildman–Crippen LogP) is 2.35. The van der Waals surface area contributed by atoms with Crippen molar-refractivity contribution in [3.63, 3.8) is 0 Å². The number of carbonyl (C=O) groups excluding carboxylic acids is 1. The van der Waals surface area contributed by atoms with Gasteiger partial charge in [0.05, 0.1) is 0 Å². The molecule has 4 rings (SSSR count). The second-order valence-electron chi connectivity index (χ2n) is 7.42. The first-order valence-electron chi connectivity index (χ1n) is 9.79. The monoisotopic (exact) mass is 384 g/mol. The molecule has 1 aromatic carbocycles. The fourth-order valence-electron chi connectivity index (χ4n) is 4.15. The van der Waals surface area contributed by atoms with Crippen molar-refractivity contribution in [3.05, 3.63) is 54.1 Å². The number of anilines is 1. The summed E-state index contributed by atoms with van der Waals surface area (Å²) in [5, 5.41) is 9.93. The molecule has 1 aromatic heterocycles. The molecule has 3 heterocycles. The lowest BCUT2D eigenvalue weighted by molar-refractivity contribution is 0.0555. The number of hydrogen-bond donors (Lipinski definition) is 1. The average Bonchev–Trinajstić information content (AvgIpc) is 2.74. The van der Waals surface area contributed by atoms with Gasteiger partial charge in [-0.25, -0.2) is 9.37 Å². The summed E-state index contributed by atoms with van der Waals surface area (Å²) in [6.07, 6.45) is 3.54. The van der Waals surface area contributed by atoms with Gasteiger partial charge < -0.3 is 14.9 Å². The highest BCUT2D eigenvalue weighted by atomic mass is 19.1. The predicted molar refractivity (Wildman–Crippen MR) is 105 cm³/mol. The van der Waals surface area contributed by atoms with E-state index in [4.69, 9.17) is 0 Å². The standard InChI is InChI=1S/C21H25FN4O2/c22-16-5-7-17(8-6-16)24-11-13-25(14-12-24)18-3-2-10-26(15-18)21(28)20-19(27)4-1-9-23-20/h1,4-9,18,27H,2-3,10-15H2/t18-/m0/s1. The minimum Gasteiger partial charge on any atom is -0.505 e. The van der Waals surface area contributed by atoms with Crippen LogP contribution in [0.15, 0.2) is 42.6 Å². The summed E-state index contributed by atoms with van der Waals surface area (Å²) in [5.74, 6) is -0.483. The zero-order valence-corrected chi connectivity index (χ0v) is 15.8. The van der Waals surface area contributed by atoms with E-state index < -0.39 is 0 Å². The van der Waals surface area contributed by atoms with Crippen LogP contribution in [0.4, 0.5) is 10.1 Å². The molecule has 2 aliphatic rings. The van der Waals surface area contributed by atoms with Crippen molar-refractivity contribution in [2.45, 2.75) is 18.9 Å². The number of halogens is 1. The Morgan fingerprint density at radius 2 is 1.82 bits per heavy atom. The normalized spacial score (nSPS) is 21.0. The fraction of sp³-hybridized carbons (Fsp3) is 0.429. The van der Waals surface area contributed by atoms with E-state index in [-0.39, 0.29) is 23.2 Å². The Morgan fingerprint density at radius 1 is 1.07 bits per heavy atom. The molecule has 1 atom stereocenters. The molecule has 7 heteroatoms. The molecule has 1 amide bonds. The van der Waals surface area contributed by atoms with Gasteiger partial charge in [0.25, 0.3) is 5.91 Å². The van der Waals surface area contributed by atoms with Crippen molar-refractivity contribution in [2.75, 3.05) is 44.2 Å². The molecule has 0 radical (unpaired) electrons. The lowest BCUT2D eigenvalue weighted by atomic mass is 10.0. The summed E-state index contributed by atoms with van der Waals surface area (Å²) in [5.41, 5.74) is 1.18. The number of nitrogens with zero attached hydrogens (tertiary/aromatic N) is 4. The Labute approximate surface area is 164 Å². The third-order valence-corrected chi connectivity index (χ3v) is 5.70. The number of pyridine rings is 1. The second kappa shape index (κ2) is 8.14. The number of piperidine rings is 1. The van der Waals surface area contributed by atoms with E-state index in [1.807, 2.05) is 17.0 Å². The van der Waals surface area contributed by atoms with E-state index >= 15 is 0 Å². The molecule has 0 saturated carbocycles. The van der Waals surface area contributed by atoms with Crippen LogP contribution in [0.5, 0.6) is 5.75 Å². The number of likely N-dealkylation sites (tertiary alicyclic amines) is 1. The van der Waals surface area contributed by atoms with Crippen molar-refractivity contribution in [1.82, 2.24) is 14.8 Å². The number of piperazine rings is 1. The zero-order valence-electron chi connectivity index (χ0n) is 15.8. The quantitative estimate of drug-likeness (QED) is 0.880. The van der Waals surface area contributed by atoms with Crippen LogP contribution in [-0.2, 0) is 0 Å². The largest absolute Gasteiger partial charge is 0.505 e. The van der Waals surface area contributed by atoms with Crippen molar-refractivity contribution < 1.29 is 14.3 Å². The van der Waals surface area contributed by atoms with Gasteiger partial charge in [0.1, 0.15) is 11.6 Å². The summed E-state index contributed by atoms with van der Waals surface area (Å²) in [6.45, 7) is 4.96. The molecule has 1 N–H and O–H groups in total. The lowest BCUT2D eigenvalue weighted by Gasteiger charge is -2.43. The Morgan fingerprint density at radius 3 is 2.54 bits per heavy atom. The van der Waals surface area contributed by atoms with Crippen LogP contribution in [0.3, 0.4) is 0 Å². The van der Waals surface area contributed by atoms with Gasteiger partial charge in [-0.1, -0.05) is 0 Å². The Kier molecular flexibility index (Phi) is 5.43. The van der Waals surface area contributed by atoms with Crippen molar-refractivity contribution in [2.24, 2.45) is 0 Å². The average molecular weight is 384 g/mol. The molecule has 2 fully saturated rings. The number of aromatic hydroxyl groups is 1. The number of amides is 1. The zero-order chi connectivity index (χ0) is 19.5. The van der Waals surface area contributed by atoms with Gasteiger partial charge in [-0.15, -0.1) is 0 Å². The molecule has 2 aliphatic heterocycles.